The molecule has 1 aliphatic carbocycles. The highest BCUT2D eigenvalue weighted by atomic mass is 32.1. The van der Waals surface area contributed by atoms with E-state index in [0.29, 0.717) is 18.5 Å². The summed E-state index contributed by atoms with van der Waals surface area (Å²) in [6.45, 7) is 2.06. The van der Waals surface area contributed by atoms with Crippen LogP contribution in [0.25, 0.3) is 20.8 Å². The van der Waals surface area contributed by atoms with E-state index in [0.717, 1.165) is 20.8 Å². The van der Waals surface area contributed by atoms with Crippen LogP contribution < -0.4 is 5.32 Å². The number of carbonyl (C=O) groups is 2. The number of carboxylic acids is 1. The van der Waals surface area contributed by atoms with Crippen LogP contribution in [0.2, 0.25) is 0 Å². The SMILES string of the molecule is Cc1ccc2nc(-c3ccc(NC(=O)[C@@H]4CC=CC[C@@H]4C(=O)O)cc3)sc2c1. The van der Waals surface area contributed by atoms with Gasteiger partial charge in [-0.3, -0.25) is 9.59 Å². The van der Waals surface area contributed by atoms with Gasteiger partial charge in [-0.25, -0.2) is 4.98 Å². The zero-order chi connectivity index (χ0) is 19.7. The van der Waals surface area contributed by atoms with Gasteiger partial charge in [0.2, 0.25) is 5.91 Å². The lowest BCUT2D eigenvalue weighted by atomic mass is 9.82. The van der Waals surface area contributed by atoms with Crippen LogP contribution in [0.4, 0.5) is 5.69 Å². The molecule has 2 atom stereocenters. The third-order valence-electron chi connectivity index (χ3n) is 5.03. The number of carboxylic acid groups (broad SMARTS) is 1. The molecule has 0 aliphatic heterocycles. The summed E-state index contributed by atoms with van der Waals surface area (Å²) in [7, 11) is 0. The molecule has 0 saturated heterocycles. The van der Waals surface area contributed by atoms with Crippen molar-refractivity contribution in [2.45, 2.75) is 19.8 Å². The van der Waals surface area contributed by atoms with Gasteiger partial charge in [-0.15, -0.1) is 11.3 Å². The van der Waals surface area contributed by atoms with Crippen LogP contribution in [0.15, 0.2) is 54.6 Å². The van der Waals surface area contributed by atoms with Crippen molar-refractivity contribution in [3.63, 3.8) is 0 Å². The van der Waals surface area contributed by atoms with Crippen LogP contribution in [0, 0.1) is 18.8 Å². The Balaban J connectivity index is 1.50. The lowest BCUT2D eigenvalue weighted by molar-refractivity contribution is -0.146. The molecule has 0 saturated carbocycles. The highest BCUT2D eigenvalue weighted by Gasteiger charge is 2.33. The fourth-order valence-corrected chi connectivity index (χ4v) is 4.53. The number of benzene rings is 2. The Morgan fingerprint density at radius 1 is 1.07 bits per heavy atom. The van der Waals surface area contributed by atoms with E-state index in [1.165, 1.54) is 5.56 Å². The summed E-state index contributed by atoms with van der Waals surface area (Å²) >= 11 is 1.64. The van der Waals surface area contributed by atoms with Gasteiger partial charge in [0.05, 0.1) is 22.1 Å². The molecule has 3 aromatic rings. The fourth-order valence-electron chi connectivity index (χ4n) is 3.46. The smallest absolute Gasteiger partial charge is 0.307 e. The first-order chi connectivity index (χ1) is 13.5. The topological polar surface area (TPSA) is 79.3 Å². The Bertz CT molecular complexity index is 1070. The van der Waals surface area contributed by atoms with Gasteiger partial charge in [0.25, 0.3) is 0 Å². The Morgan fingerprint density at radius 2 is 1.79 bits per heavy atom. The number of nitrogens with zero attached hydrogens (tertiary/aromatic N) is 1. The van der Waals surface area contributed by atoms with Gasteiger partial charge in [-0.05, 0) is 61.7 Å². The second-order valence-electron chi connectivity index (χ2n) is 7.05. The lowest BCUT2D eigenvalue weighted by Gasteiger charge is -2.24. The van der Waals surface area contributed by atoms with Gasteiger partial charge in [-0.2, -0.15) is 0 Å². The fraction of sp³-hybridized carbons (Fsp3) is 0.227. The standard InChI is InChI=1S/C22H20N2O3S/c1-13-6-11-18-19(12-13)28-21(24-18)14-7-9-15(10-8-14)23-20(25)16-4-2-3-5-17(16)22(26)27/h2-3,6-12,16-17H,4-5H2,1H3,(H,23,25)(H,26,27)/t16-,17+/m1/s1. The second kappa shape index (κ2) is 7.56. The van der Waals surface area contributed by atoms with Crippen molar-refractivity contribution >= 4 is 39.1 Å². The predicted octanol–water partition coefficient (Wildman–Crippen LogP) is 4.88. The average Bonchev–Trinajstić information content (AvgIpc) is 3.11. The first-order valence-corrected chi connectivity index (χ1v) is 9.99. The van der Waals surface area contributed by atoms with Crippen LogP contribution in [-0.4, -0.2) is 22.0 Å². The van der Waals surface area contributed by atoms with Gasteiger partial charge in [-0.1, -0.05) is 18.2 Å². The van der Waals surface area contributed by atoms with Crippen molar-refractivity contribution in [2.75, 3.05) is 5.32 Å². The Morgan fingerprint density at radius 3 is 2.50 bits per heavy atom. The number of thiazole rings is 1. The highest BCUT2D eigenvalue weighted by Crippen LogP contribution is 2.32. The van der Waals surface area contributed by atoms with E-state index >= 15 is 0 Å². The van der Waals surface area contributed by atoms with Crippen LogP contribution in [0.3, 0.4) is 0 Å². The average molecular weight is 392 g/mol. The number of fused-ring (bicyclic) bond motifs is 1. The summed E-state index contributed by atoms with van der Waals surface area (Å²) in [5.74, 6) is -2.39. The van der Waals surface area contributed by atoms with E-state index in [2.05, 4.69) is 29.4 Å². The number of anilines is 1. The molecule has 1 aliphatic rings. The van der Waals surface area contributed by atoms with Gasteiger partial charge in [0.15, 0.2) is 0 Å². The molecule has 0 bridgehead atoms. The molecule has 1 amide bonds. The molecule has 4 rings (SSSR count). The van der Waals surface area contributed by atoms with E-state index in [1.807, 2.05) is 42.5 Å². The number of amides is 1. The summed E-state index contributed by atoms with van der Waals surface area (Å²) in [5, 5.41) is 13.1. The Labute approximate surface area is 166 Å². The van der Waals surface area contributed by atoms with E-state index in [9.17, 15) is 14.7 Å². The largest absolute Gasteiger partial charge is 0.481 e. The van der Waals surface area contributed by atoms with Crippen molar-refractivity contribution in [1.29, 1.82) is 0 Å². The predicted molar refractivity (Wildman–Crippen MR) is 111 cm³/mol. The number of hydrogen-bond acceptors (Lipinski definition) is 4. The molecule has 0 spiro atoms. The highest BCUT2D eigenvalue weighted by molar-refractivity contribution is 7.21. The minimum Gasteiger partial charge on any atom is -0.481 e. The molecule has 2 N–H and O–H groups in total. The Kier molecular flexibility index (Phi) is 4.96. The maximum atomic E-state index is 12.6. The number of aliphatic carboxylic acids is 1. The van der Waals surface area contributed by atoms with Crippen molar-refractivity contribution in [1.82, 2.24) is 4.98 Å². The van der Waals surface area contributed by atoms with Gasteiger partial charge in [0, 0.05) is 11.3 Å². The molecule has 28 heavy (non-hydrogen) atoms. The molecular formula is C22H20N2O3S. The maximum Gasteiger partial charge on any atom is 0.307 e. The molecular weight excluding hydrogens is 372 g/mol. The molecule has 1 aromatic heterocycles. The zero-order valence-corrected chi connectivity index (χ0v) is 16.2. The van der Waals surface area contributed by atoms with Gasteiger partial charge >= 0.3 is 5.97 Å². The molecule has 0 unspecified atom stereocenters. The number of carbonyl (C=O) groups excluding carboxylic acids is 1. The number of aromatic nitrogens is 1. The molecule has 6 heteroatoms. The monoisotopic (exact) mass is 392 g/mol. The van der Waals surface area contributed by atoms with E-state index in [4.69, 9.17) is 0 Å². The van der Waals surface area contributed by atoms with E-state index < -0.39 is 17.8 Å². The Hall–Kier alpha value is -2.99. The van der Waals surface area contributed by atoms with Crippen LogP contribution in [0.5, 0.6) is 0 Å². The third kappa shape index (κ3) is 3.68. The molecule has 2 aromatic carbocycles. The quantitative estimate of drug-likeness (QED) is 0.621. The molecule has 5 nitrogen and oxygen atoms in total. The van der Waals surface area contributed by atoms with Crippen LogP contribution in [-0.2, 0) is 9.59 Å². The molecule has 0 radical (unpaired) electrons. The summed E-state index contributed by atoms with van der Waals surface area (Å²) in [6.07, 6.45) is 4.55. The number of hydrogen-bond donors (Lipinski definition) is 2. The minimum atomic E-state index is -0.925. The first kappa shape index (κ1) is 18.4. The van der Waals surface area contributed by atoms with Crippen molar-refractivity contribution in [3.8, 4) is 10.6 Å². The molecule has 142 valence electrons. The normalized spacial score (nSPS) is 18.9. The van der Waals surface area contributed by atoms with E-state index in [1.54, 1.807) is 11.3 Å². The summed E-state index contributed by atoms with van der Waals surface area (Å²) in [5.41, 5.74) is 3.83. The molecule has 0 fully saturated rings. The lowest BCUT2D eigenvalue weighted by Crippen LogP contribution is -2.34. The van der Waals surface area contributed by atoms with Gasteiger partial charge in [0.1, 0.15) is 5.01 Å². The van der Waals surface area contributed by atoms with Gasteiger partial charge < -0.3 is 10.4 Å². The van der Waals surface area contributed by atoms with Crippen molar-refractivity contribution < 1.29 is 14.7 Å². The number of rotatable bonds is 4. The van der Waals surface area contributed by atoms with Crippen molar-refractivity contribution in [3.05, 3.63) is 60.2 Å². The minimum absolute atomic E-state index is 0.250. The summed E-state index contributed by atoms with van der Waals surface area (Å²) in [4.78, 5) is 28.6. The zero-order valence-electron chi connectivity index (χ0n) is 15.4. The first-order valence-electron chi connectivity index (χ1n) is 9.17. The molecule has 1 heterocycles. The number of aryl methyl sites for hydroxylation is 1. The number of allylic oxidation sites excluding steroid dienone is 2. The van der Waals surface area contributed by atoms with Crippen molar-refractivity contribution in [2.24, 2.45) is 11.8 Å². The summed E-state index contributed by atoms with van der Waals surface area (Å²) < 4.78 is 1.15. The van der Waals surface area contributed by atoms with Crippen LogP contribution >= 0.6 is 11.3 Å². The van der Waals surface area contributed by atoms with Crippen LogP contribution in [0.1, 0.15) is 18.4 Å². The maximum absolute atomic E-state index is 12.6. The van der Waals surface area contributed by atoms with E-state index in [-0.39, 0.29) is 5.91 Å². The second-order valence-corrected chi connectivity index (χ2v) is 8.08. The number of nitrogens with one attached hydrogen (secondary N) is 1. The summed E-state index contributed by atoms with van der Waals surface area (Å²) in [6, 6.07) is 13.7. The third-order valence-corrected chi connectivity index (χ3v) is 6.10.